The van der Waals surface area contributed by atoms with Gasteiger partial charge in [-0.3, -0.25) is 9.59 Å². The zero-order chi connectivity index (χ0) is 24.1. The van der Waals surface area contributed by atoms with Crippen LogP contribution in [0.3, 0.4) is 0 Å². The highest BCUT2D eigenvalue weighted by Crippen LogP contribution is 2.30. The number of nitrogens with zero attached hydrogens (tertiary/aromatic N) is 4. The number of esters is 1. The van der Waals surface area contributed by atoms with Crippen LogP contribution in [0.25, 0.3) is 11.4 Å². The standard InChI is InChI=1S/C26H34N4O4/c1-4-34-26(32)20-9-7-14-29(17-20)25(31)22-16-27-23(19-10-12-21(33-3)13-11-19)28-24(22)30-15-6-5-8-18(30)2/h10-13,16,18,20H,4-9,14-15,17H2,1-3H3. The second-order valence-corrected chi connectivity index (χ2v) is 9.04. The molecule has 0 aliphatic carbocycles. The van der Waals surface area contributed by atoms with Crippen LogP contribution in [0.1, 0.15) is 56.3 Å². The molecule has 1 amide bonds. The number of anilines is 1. The van der Waals surface area contributed by atoms with E-state index in [0.717, 1.165) is 43.5 Å². The summed E-state index contributed by atoms with van der Waals surface area (Å²) in [5.41, 5.74) is 1.36. The Bertz CT molecular complexity index is 1010. The number of hydrogen-bond donors (Lipinski definition) is 0. The summed E-state index contributed by atoms with van der Waals surface area (Å²) in [5, 5.41) is 0. The van der Waals surface area contributed by atoms with Crippen LogP contribution < -0.4 is 9.64 Å². The first-order valence-corrected chi connectivity index (χ1v) is 12.3. The molecule has 4 rings (SSSR count). The number of piperidine rings is 2. The van der Waals surface area contributed by atoms with Crippen LogP contribution in [-0.2, 0) is 9.53 Å². The van der Waals surface area contributed by atoms with Crippen molar-refractivity contribution >= 4 is 17.7 Å². The van der Waals surface area contributed by atoms with Gasteiger partial charge < -0.3 is 19.3 Å². The Kier molecular flexibility index (Phi) is 7.65. The summed E-state index contributed by atoms with van der Waals surface area (Å²) in [6.45, 7) is 6.17. The number of carbonyl (C=O) groups is 2. The smallest absolute Gasteiger partial charge is 0.310 e. The average molecular weight is 467 g/mol. The van der Waals surface area contributed by atoms with Gasteiger partial charge in [0.2, 0.25) is 0 Å². The second-order valence-electron chi connectivity index (χ2n) is 9.04. The van der Waals surface area contributed by atoms with E-state index >= 15 is 0 Å². The van der Waals surface area contributed by atoms with E-state index in [1.165, 1.54) is 6.42 Å². The summed E-state index contributed by atoms with van der Waals surface area (Å²) in [6, 6.07) is 7.89. The normalized spacial score (nSPS) is 20.7. The van der Waals surface area contributed by atoms with Gasteiger partial charge in [0.1, 0.15) is 17.1 Å². The minimum absolute atomic E-state index is 0.122. The van der Waals surface area contributed by atoms with Crippen molar-refractivity contribution in [2.45, 2.75) is 52.0 Å². The molecule has 182 valence electrons. The minimum Gasteiger partial charge on any atom is -0.497 e. The van der Waals surface area contributed by atoms with Crippen LogP contribution in [-0.4, -0.2) is 66.1 Å². The summed E-state index contributed by atoms with van der Waals surface area (Å²) < 4.78 is 10.5. The number of ether oxygens (including phenoxy) is 2. The van der Waals surface area contributed by atoms with E-state index in [-0.39, 0.29) is 23.8 Å². The number of likely N-dealkylation sites (tertiary alicyclic amines) is 1. The third-order valence-corrected chi connectivity index (χ3v) is 6.75. The molecule has 2 saturated heterocycles. The highest BCUT2D eigenvalue weighted by Gasteiger charge is 2.33. The van der Waals surface area contributed by atoms with Gasteiger partial charge >= 0.3 is 5.97 Å². The van der Waals surface area contributed by atoms with Crippen molar-refractivity contribution in [2.75, 3.05) is 38.3 Å². The van der Waals surface area contributed by atoms with Gasteiger partial charge in [-0.05, 0) is 70.2 Å². The Hall–Kier alpha value is -3.16. The third-order valence-electron chi connectivity index (χ3n) is 6.75. The van der Waals surface area contributed by atoms with E-state index in [4.69, 9.17) is 14.5 Å². The molecule has 2 fully saturated rings. The summed E-state index contributed by atoms with van der Waals surface area (Å²) >= 11 is 0. The predicted molar refractivity (Wildman–Crippen MR) is 130 cm³/mol. The first-order chi connectivity index (χ1) is 16.5. The number of methoxy groups -OCH3 is 1. The van der Waals surface area contributed by atoms with E-state index < -0.39 is 0 Å². The average Bonchev–Trinajstić information content (AvgIpc) is 2.88. The summed E-state index contributed by atoms with van der Waals surface area (Å²) in [6.07, 6.45) is 6.46. The zero-order valence-electron chi connectivity index (χ0n) is 20.3. The van der Waals surface area contributed by atoms with Crippen LogP contribution in [0.15, 0.2) is 30.5 Å². The molecule has 2 aromatic rings. The summed E-state index contributed by atoms with van der Waals surface area (Å²) in [5.74, 6) is 1.39. The first kappa shape index (κ1) is 24.0. The van der Waals surface area contributed by atoms with Gasteiger partial charge in [0.25, 0.3) is 5.91 Å². The van der Waals surface area contributed by atoms with Gasteiger partial charge in [-0.15, -0.1) is 0 Å². The van der Waals surface area contributed by atoms with Crippen molar-refractivity contribution < 1.29 is 19.1 Å². The lowest BCUT2D eigenvalue weighted by Crippen LogP contribution is -2.44. The molecular formula is C26H34N4O4. The van der Waals surface area contributed by atoms with Crippen molar-refractivity contribution in [1.29, 1.82) is 0 Å². The molecule has 2 unspecified atom stereocenters. The van der Waals surface area contributed by atoms with Gasteiger partial charge in [0, 0.05) is 37.4 Å². The molecule has 0 saturated carbocycles. The van der Waals surface area contributed by atoms with E-state index in [0.29, 0.717) is 36.9 Å². The van der Waals surface area contributed by atoms with E-state index in [1.807, 2.05) is 24.3 Å². The first-order valence-electron chi connectivity index (χ1n) is 12.3. The van der Waals surface area contributed by atoms with Gasteiger partial charge in [-0.2, -0.15) is 0 Å². The Labute approximate surface area is 201 Å². The minimum atomic E-state index is -0.283. The fourth-order valence-electron chi connectivity index (χ4n) is 4.82. The quantitative estimate of drug-likeness (QED) is 0.596. The molecule has 3 heterocycles. The fraction of sp³-hybridized carbons (Fsp3) is 0.538. The highest BCUT2D eigenvalue weighted by atomic mass is 16.5. The van der Waals surface area contributed by atoms with Crippen molar-refractivity contribution in [3.8, 4) is 17.1 Å². The molecule has 1 aromatic heterocycles. The molecule has 34 heavy (non-hydrogen) atoms. The molecule has 1 aromatic carbocycles. The van der Waals surface area contributed by atoms with Crippen LogP contribution in [0.2, 0.25) is 0 Å². The molecule has 2 atom stereocenters. The van der Waals surface area contributed by atoms with Gasteiger partial charge in [0.15, 0.2) is 5.82 Å². The maximum absolute atomic E-state index is 13.7. The monoisotopic (exact) mass is 466 g/mol. The second kappa shape index (κ2) is 10.8. The molecule has 0 spiro atoms. The van der Waals surface area contributed by atoms with Gasteiger partial charge in [-0.1, -0.05) is 0 Å². The zero-order valence-corrected chi connectivity index (χ0v) is 20.3. The van der Waals surface area contributed by atoms with Crippen molar-refractivity contribution in [1.82, 2.24) is 14.9 Å². The molecule has 8 nitrogen and oxygen atoms in total. The molecule has 8 heteroatoms. The Balaban J connectivity index is 1.66. The van der Waals surface area contributed by atoms with Crippen LogP contribution in [0.5, 0.6) is 5.75 Å². The number of aromatic nitrogens is 2. The van der Waals surface area contributed by atoms with Crippen molar-refractivity contribution in [2.24, 2.45) is 5.92 Å². The number of amides is 1. The van der Waals surface area contributed by atoms with Crippen molar-refractivity contribution in [3.63, 3.8) is 0 Å². The van der Waals surface area contributed by atoms with E-state index in [1.54, 1.807) is 25.1 Å². The lowest BCUT2D eigenvalue weighted by atomic mass is 9.97. The van der Waals surface area contributed by atoms with Crippen LogP contribution >= 0.6 is 0 Å². The Morgan fingerprint density at radius 2 is 1.88 bits per heavy atom. The number of benzene rings is 1. The SMILES string of the molecule is CCOC(=O)C1CCCN(C(=O)c2cnc(-c3ccc(OC)cc3)nc2N2CCCCC2C)C1. The predicted octanol–water partition coefficient (Wildman–Crippen LogP) is 3.95. The molecule has 0 bridgehead atoms. The highest BCUT2D eigenvalue weighted by molar-refractivity contribution is 5.99. The molecule has 2 aliphatic rings. The van der Waals surface area contributed by atoms with Gasteiger partial charge in [0.05, 0.1) is 19.6 Å². The van der Waals surface area contributed by atoms with E-state index in [2.05, 4.69) is 16.8 Å². The molecule has 2 aliphatic heterocycles. The topological polar surface area (TPSA) is 84.9 Å². The molecule has 0 radical (unpaired) electrons. The lowest BCUT2D eigenvalue weighted by Gasteiger charge is -2.37. The maximum Gasteiger partial charge on any atom is 0.310 e. The number of hydrogen-bond acceptors (Lipinski definition) is 7. The van der Waals surface area contributed by atoms with E-state index in [9.17, 15) is 9.59 Å². The van der Waals surface area contributed by atoms with Crippen LogP contribution in [0, 0.1) is 5.92 Å². The summed E-state index contributed by atoms with van der Waals surface area (Å²) in [7, 11) is 1.63. The van der Waals surface area contributed by atoms with Crippen molar-refractivity contribution in [3.05, 3.63) is 36.0 Å². The number of rotatable bonds is 6. The molecular weight excluding hydrogens is 432 g/mol. The lowest BCUT2D eigenvalue weighted by molar-refractivity contribution is -0.149. The Morgan fingerprint density at radius 3 is 2.59 bits per heavy atom. The molecule has 0 N–H and O–H groups in total. The maximum atomic E-state index is 13.7. The van der Waals surface area contributed by atoms with Gasteiger partial charge in [-0.25, -0.2) is 9.97 Å². The Morgan fingerprint density at radius 1 is 1.09 bits per heavy atom. The third kappa shape index (κ3) is 5.16. The number of carbonyl (C=O) groups excluding carboxylic acids is 2. The summed E-state index contributed by atoms with van der Waals surface area (Å²) in [4.78, 5) is 39.4. The largest absolute Gasteiger partial charge is 0.497 e. The van der Waals surface area contributed by atoms with Crippen LogP contribution in [0.4, 0.5) is 5.82 Å². The fourth-order valence-corrected chi connectivity index (χ4v) is 4.82.